The number of fused-ring (bicyclic) bond motifs is 1. The van der Waals surface area contributed by atoms with Crippen LogP contribution in [0.5, 0.6) is 0 Å². The van der Waals surface area contributed by atoms with Gasteiger partial charge in [0.2, 0.25) is 5.65 Å². The molecule has 4 rings (SSSR count). The number of carbonyl (C=O) groups excluding carboxylic acids is 1. The predicted molar refractivity (Wildman–Crippen MR) is 111 cm³/mol. The first-order valence-electron chi connectivity index (χ1n) is 9.95. The molecule has 152 valence electrons. The molecule has 1 N–H and O–H groups in total. The van der Waals surface area contributed by atoms with Crippen LogP contribution in [-0.2, 0) is 6.54 Å². The highest BCUT2D eigenvalue weighted by Gasteiger charge is 2.23. The molecule has 0 spiro atoms. The minimum atomic E-state index is -0.243. The number of rotatable bonds is 6. The van der Waals surface area contributed by atoms with Gasteiger partial charge in [0.15, 0.2) is 0 Å². The van der Waals surface area contributed by atoms with Crippen LogP contribution in [0.3, 0.4) is 0 Å². The lowest BCUT2D eigenvalue weighted by molar-refractivity contribution is 0.0947. The summed E-state index contributed by atoms with van der Waals surface area (Å²) in [5.74, 6) is 1.86. The topological polar surface area (TPSA) is 81.5 Å². The van der Waals surface area contributed by atoms with Crippen molar-refractivity contribution in [2.45, 2.75) is 47.1 Å². The van der Waals surface area contributed by atoms with Crippen LogP contribution in [0.25, 0.3) is 16.9 Å². The smallest absolute Gasteiger partial charge is 0.295 e. The number of nitrogens with zero attached hydrogens (tertiary/aromatic N) is 3. The Kier molecular flexibility index (Phi) is 4.90. The molecule has 3 aromatic rings. The SMILES string of the molecule is CC(C)=CCn1c(-c2cc(C)oc2C)cn2cc(C(=O)NCC3CC3)nc2c1=O. The van der Waals surface area contributed by atoms with Crippen molar-refractivity contribution in [1.82, 2.24) is 19.3 Å². The maximum atomic E-state index is 13.3. The van der Waals surface area contributed by atoms with E-state index in [0.717, 1.165) is 41.2 Å². The Balaban J connectivity index is 1.82. The molecule has 1 aliphatic rings. The summed E-state index contributed by atoms with van der Waals surface area (Å²) in [6.45, 7) is 8.84. The van der Waals surface area contributed by atoms with Gasteiger partial charge in [-0.2, -0.15) is 0 Å². The molecule has 0 aromatic carbocycles. The van der Waals surface area contributed by atoms with E-state index in [1.807, 2.05) is 46.0 Å². The van der Waals surface area contributed by atoms with Crippen molar-refractivity contribution in [1.29, 1.82) is 0 Å². The van der Waals surface area contributed by atoms with Gasteiger partial charge in [-0.1, -0.05) is 11.6 Å². The Morgan fingerprint density at radius 2 is 2.07 bits per heavy atom. The molecule has 3 aromatic heterocycles. The summed E-state index contributed by atoms with van der Waals surface area (Å²) >= 11 is 0. The lowest BCUT2D eigenvalue weighted by atomic mass is 10.1. The summed E-state index contributed by atoms with van der Waals surface area (Å²) in [5, 5.41) is 2.91. The Hall–Kier alpha value is -3.09. The van der Waals surface area contributed by atoms with Gasteiger partial charge in [0.25, 0.3) is 11.5 Å². The Morgan fingerprint density at radius 3 is 2.69 bits per heavy atom. The molecule has 1 saturated carbocycles. The van der Waals surface area contributed by atoms with Gasteiger partial charge in [-0.3, -0.25) is 18.6 Å². The molecule has 0 bridgehead atoms. The van der Waals surface area contributed by atoms with Crippen LogP contribution in [0, 0.1) is 19.8 Å². The Morgan fingerprint density at radius 1 is 1.31 bits per heavy atom. The molecular formula is C22H26N4O3. The van der Waals surface area contributed by atoms with Gasteiger partial charge in [-0.15, -0.1) is 0 Å². The van der Waals surface area contributed by atoms with Crippen molar-refractivity contribution in [2.24, 2.45) is 5.92 Å². The number of amides is 1. The molecule has 0 aliphatic heterocycles. The Bertz CT molecular complexity index is 1170. The number of furan rings is 1. The average Bonchev–Trinajstić information content (AvgIpc) is 3.29. The van der Waals surface area contributed by atoms with E-state index in [4.69, 9.17) is 4.42 Å². The minimum absolute atomic E-state index is 0.237. The highest BCUT2D eigenvalue weighted by atomic mass is 16.3. The van der Waals surface area contributed by atoms with Crippen LogP contribution in [-0.4, -0.2) is 26.4 Å². The minimum Gasteiger partial charge on any atom is -0.466 e. The second-order valence-corrected chi connectivity index (χ2v) is 8.05. The molecular weight excluding hydrogens is 368 g/mol. The number of hydrogen-bond donors (Lipinski definition) is 1. The number of allylic oxidation sites excluding steroid dienone is 2. The molecule has 29 heavy (non-hydrogen) atoms. The van der Waals surface area contributed by atoms with Crippen molar-refractivity contribution in [2.75, 3.05) is 6.54 Å². The zero-order valence-electron chi connectivity index (χ0n) is 17.3. The zero-order valence-corrected chi connectivity index (χ0v) is 17.3. The van der Waals surface area contributed by atoms with E-state index < -0.39 is 0 Å². The van der Waals surface area contributed by atoms with E-state index >= 15 is 0 Å². The summed E-state index contributed by atoms with van der Waals surface area (Å²) in [5.41, 5.74) is 2.97. The predicted octanol–water partition coefficient (Wildman–Crippen LogP) is 3.48. The van der Waals surface area contributed by atoms with Gasteiger partial charge in [-0.05, 0) is 52.5 Å². The molecule has 0 unspecified atom stereocenters. The van der Waals surface area contributed by atoms with Gasteiger partial charge in [0.1, 0.15) is 17.2 Å². The number of hydrogen-bond acceptors (Lipinski definition) is 4. The zero-order chi connectivity index (χ0) is 20.7. The largest absolute Gasteiger partial charge is 0.466 e. The molecule has 7 heteroatoms. The first-order chi connectivity index (χ1) is 13.8. The molecule has 7 nitrogen and oxygen atoms in total. The van der Waals surface area contributed by atoms with E-state index in [9.17, 15) is 9.59 Å². The molecule has 3 heterocycles. The average molecular weight is 394 g/mol. The Labute approximate surface area is 169 Å². The summed E-state index contributed by atoms with van der Waals surface area (Å²) in [4.78, 5) is 30.0. The third kappa shape index (κ3) is 3.90. The van der Waals surface area contributed by atoms with Crippen LogP contribution in [0.2, 0.25) is 0 Å². The second-order valence-electron chi connectivity index (χ2n) is 8.05. The molecule has 1 amide bonds. The van der Waals surface area contributed by atoms with E-state index in [1.54, 1.807) is 15.2 Å². The monoisotopic (exact) mass is 394 g/mol. The molecule has 1 fully saturated rings. The normalized spacial score (nSPS) is 13.7. The third-order valence-electron chi connectivity index (χ3n) is 5.20. The summed E-state index contributed by atoms with van der Waals surface area (Å²) in [6, 6.07) is 1.93. The van der Waals surface area contributed by atoms with Gasteiger partial charge >= 0.3 is 0 Å². The van der Waals surface area contributed by atoms with Gasteiger partial charge in [-0.25, -0.2) is 4.98 Å². The number of aryl methyl sites for hydroxylation is 2. The van der Waals surface area contributed by atoms with E-state index in [2.05, 4.69) is 10.3 Å². The van der Waals surface area contributed by atoms with Crippen molar-refractivity contribution >= 4 is 11.6 Å². The van der Waals surface area contributed by atoms with Crippen molar-refractivity contribution in [3.8, 4) is 11.3 Å². The van der Waals surface area contributed by atoms with Crippen molar-refractivity contribution < 1.29 is 9.21 Å². The quantitative estimate of drug-likeness (QED) is 0.649. The molecule has 0 atom stereocenters. The number of carbonyl (C=O) groups is 1. The lowest BCUT2D eigenvalue weighted by Crippen LogP contribution is -2.26. The summed E-state index contributed by atoms with van der Waals surface area (Å²) in [7, 11) is 0. The maximum Gasteiger partial charge on any atom is 0.295 e. The highest BCUT2D eigenvalue weighted by molar-refractivity contribution is 5.92. The van der Waals surface area contributed by atoms with Crippen LogP contribution < -0.4 is 10.9 Å². The number of aromatic nitrogens is 3. The van der Waals surface area contributed by atoms with Crippen LogP contribution in [0.1, 0.15) is 48.7 Å². The fourth-order valence-electron chi connectivity index (χ4n) is 3.40. The standard InChI is InChI=1S/C22H26N4O3/c1-13(2)7-8-26-19(17-9-14(3)29-15(17)4)12-25-11-18(24-20(25)22(26)28)21(27)23-10-16-5-6-16/h7,9,11-12,16H,5-6,8,10H2,1-4H3,(H,23,27). The van der Waals surface area contributed by atoms with Crippen LogP contribution >= 0.6 is 0 Å². The molecule has 0 saturated heterocycles. The fraction of sp³-hybridized carbons (Fsp3) is 0.409. The first-order valence-corrected chi connectivity index (χ1v) is 9.95. The van der Waals surface area contributed by atoms with Crippen LogP contribution in [0.15, 0.2) is 39.3 Å². The summed E-state index contributed by atoms with van der Waals surface area (Å²) < 4.78 is 9.01. The number of imidazole rings is 1. The van der Waals surface area contributed by atoms with Gasteiger partial charge in [0.05, 0.1) is 5.69 Å². The maximum absolute atomic E-state index is 13.3. The van der Waals surface area contributed by atoms with Gasteiger partial charge in [0, 0.05) is 31.0 Å². The third-order valence-corrected chi connectivity index (χ3v) is 5.20. The number of nitrogens with one attached hydrogen (secondary N) is 1. The van der Waals surface area contributed by atoms with E-state index in [-0.39, 0.29) is 22.8 Å². The first kappa shape index (κ1) is 19.2. The van der Waals surface area contributed by atoms with Crippen molar-refractivity contribution in [3.63, 3.8) is 0 Å². The fourth-order valence-corrected chi connectivity index (χ4v) is 3.40. The second kappa shape index (κ2) is 7.39. The molecule has 1 aliphatic carbocycles. The van der Waals surface area contributed by atoms with Crippen molar-refractivity contribution in [3.05, 3.63) is 57.7 Å². The molecule has 0 radical (unpaired) electrons. The highest BCUT2D eigenvalue weighted by Crippen LogP contribution is 2.28. The van der Waals surface area contributed by atoms with Gasteiger partial charge < -0.3 is 9.73 Å². The van der Waals surface area contributed by atoms with E-state index in [1.165, 1.54) is 0 Å². The van der Waals surface area contributed by atoms with Crippen LogP contribution in [0.4, 0.5) is 0 Å². The summed E-state index contributed by atoms with van der Waals surface area (Å²) in [6.07, 6.45) is 7.78. The van der Waals surface area contributed by atoms with E-state index in [0.29, 0.717) is 19.0 Å². The lowest BCUT2D eigenvalue weighted by Gasteiger charge is -2.11.